The number of hydrogen-bond acceptors (Lipinski definition) is 3. The number of benzene rings is 1. The highest BCUT2D eigenvalue weighted by Gasteiger charge is 1.99. The van der Waals surface area contributed by atoms with Gasteiger partial charge in [-0.25, -0.2) is 0 Å². The molecule has 0 aliphatic carbocycles. The van der Waals surface area contributed by atoms with E-state index >= 15 is 0 Å². The lowest BCUT2D eigenvalue weighted by atomic mass is 10.1. The Morgan fingerprint density at radius 1 is 1.28 bits per heavy atom. The van der Waals surface area contributed by atoms with Crippen LogP contribution in [0.5, 0.6) is 0 Å². The van der Waals surface area contributed by atoms with Crippen LogP contribution in [0, 0.1) is 11.8 Å². The Labute approximate surface area is 104 Å². The third kappa shape index (κ3) is 3.14. The van der Waals surface area contributed by atoms with Crippen LogP contribution in [0.1, 0.15) is 12.0 Å². The first-order valence-corrected chi connectivity index (χ1v) is 5.41. The predicted octanol–water partition coefficient (Wildman–Crippen LogP) is 3.39. The molecule has 0 fully saturated rings. The van der Waals surface area contributed by atoms with E-state index in [4.69, 9.17) is 10.1 Å². The summed E-state index contributed by atoms with van der Waals surface area (Å²) in [5, 5.41) is 7.07. The molecule has 2 rings (SSSR count). The normalized spacial score (nSPS) is 9.11. The lowest BCUT2D eigenvalue weighted by molar-refractivity contribution is 0.432. The maximum absolute atomic E-state index is 8.10. The van der Waals surface area contributed by atoms with Gasteiger partial charge in [-0.15, -0.1) is 0 Å². The second kappa shape index (κ2) is 6.14. The molecule has 0 aliphatic rings. The Balaban J connectivity index is 2.02. The average molecular weight is 238 g/mol. The molecule has 0 atom stereocenters. The van der Waals surface area contributed by atoms with Crippen LogP contribution in [0.25, 0.3) is 21.8 Å². The first-order valence-electron chi connectivity index (χ1n) is 5.41. The summed E-state index contributed by atoms with van der Waals surface area (Å²) < 4.78 is 5.05. The minimum atomic E-state index is 0.402. The van der Waals surface area contributed by atoms with Crippen LogP contribution in [0.3, 0.4) is 0 Å². The molecular formula is C13H10N4O. The zero-order valence-corrected chi connectivity index (χ0v) is 9.58. The van der Waals surface area contributed by atoms with Crippen molar-refractivity contribution in [2.24, 2.45) is 5.11 Å². The Hall–Kier alpha value is -2.70. The van der Waals surface area contributed by atoms with Crippen LogP contribution in [-0.2, 0) is 0 Å². The van der Waals surface area contributed by atoms with Crippen molar-refractivity contribution in [3.8, 4) is 23.2 Å². The number of rotatable bonds is 3. The minimum Gasteiger partial charge on any atom is -0.356 e. The third-order valence-electron chi connectivity index (χ3n) is 2.24. The summed E-state index contributed by atoms with van der Waals surface area (Å²) in [6.45, 7) is 0.402. The van der Waals surface area contributed by atoms with Gasteiger partial charge < -0.3 is 4.52 Å². The molecule has 18 heavy (non-hydrogen) atoms. The van der Waals surface area contributed by atoms with E-state index in [2.05, 4.69) is 27.0 Å². The van der Waals surface area contributed by atoms with Crippen molar-refractivity contribution < 1.29 is 4.52 Å². The monoisotopic (exact) mass is 238 g/mol. The summed E-state index contributed by atoms with van der Waals surface area (Å²) in [4.78, 5) is 2.66. The topological polar surface area (TPSA) is 74.8 Å². The van der Waals surface area contributed by atoms with Crippen LogP contribution in [0.2, 0.25) is 0 Å². The number of azide groups is 1. The molecule has 0 amide bonds. The molecule has 0 saturated heterocycles. The van der Waals surface area contributed by atoms with Crippen molar-refractivity contribution in [1.82, 2.24) is 5.16 Å². The molecule has 0 radical (unpaired) electrons. The highest BCUT2D eigenvalue weighted by molar-refractivity contribution is 5.58. The number of aromatic nitrogens is 1. The molecule has 0 saturated carbocycles. The smallest absolute Gasteiger partial charge is 0.166 e. The quantitative estimate of drug-likeness (QED) is 0.270. The Kier molecular flexibility index (Phi) is 4.02. The number of nitrogens with zero attached hydrogens (tertiary/aromatic N) is 4. The molecule has 88 valence electrons. The van der Waals surface area contributed by atoms with Gasteiger partial charge in [0.05, 0.1) is 6.20 Å². The van der Waals surface area contributed by atoms with E-state index < -0.39 is 0 Å². The lowest BCUT2D eigenvalue weighted by Crippen LogP contribution is -1.78. The Morgan fingerprint density at radius 3 is 2.78 bits per heavy atom. The van der Waals surface area contributed by atoms with E-state index in [0.29, 0.717) is 13.0 Å². The second-order valence-electron chi connectivity index (χ2n) is 3.46. The lowest BCUT2D eigenvalue weighted by Gasteiger charge is -1.95. The van der Waals surface area contributed by atoms with Crippen LogP contribution in [0.4, 0.5) is 0 Å². The first-order chi connectivity index (χ1) is 8.90. The molecule has 0 spiro atoms. The van der Waals surface area contributed by atoms with Crippen molar-refractivity contribution in [1.29, 1.82) is 0 Å². The molecule has 0 bridgehead atoms. The van der Waals surface area contributed by atoms with E-state index in [9.17, 15) is 0 Å². The van der Waals surface area contributed by atoms with Gasteiger partial charge in [-0.2, -0.15) is 0 Å². The molecule has 1 aromatic heterocycles. The summed E-state index contributed by atoms with van der Waals surface area (Å²) in [7, 11) is 0. The highest BCUT2D eigenvalue weighted by atomic mass is 16.5. The largest absolute Gasteiger partial charge is 0.356 e. The van der Waals surface area contributed by atoms with E-state index in [0.717, 1.165) is 16.9 Å². The molecule has 0 unspecified atom stereocenters. The van der Waals surface area contributed by atoms with Gasteiger partial charge >= 0.3 is 0 Å². The third-order valence-corrected chi connectivity index (χ3v) is 2.24. The van der Waals surface area contributed by atoms with Gasteiger partial charge in [0.15, 0.2) is 5.76 Å². The van der Waals surface area contributed by atoms with Crippen LogP contribution >= 0.6 is 0 Å². The van der Waals surface area contributed by atoms with Crippen molar-refractivity contribution >= 4 is 0 Å². The number of hydrogen-bond donors (Lipinski definition) is 0. The maximum Gasteiger partial charge on any atom is 0.166 e. The molecule has 5 heteroatoms. The van der Waals surface area contributed by atoms with Gasteiger partial charge in [-0.1, -0.05) is 22.1 Å². The van der Waals surface area contributed by atoms with Gasteiger partial charge in [0.1, 0.15) is 0 Å². The summed E-state index contributed by atoms with van der Waals surface area (Å²) >= 11 is 0. The van der Waals surface area contributed by atoms with Gasteiger partial charge in [0.2, 0.25) is 0 Å². The van der Waals surface area contributed by atoms with Crippen LogP contribution in [-0.4, -0.2) is 11.7 Å². The second-order valence-corrected chi connectivity index (χ2v) is 3.46. The van der Waals surface area contributed by atoms with Crippen molar-refractivity contribution in [3.63, 3.8) is 0 Å². The van der Waals surface area contributed by atoms with E-state index in [1.54, 1.807) is 12.3 Å². The van der Waals surface area contributed by atoms with Gasteiger partial charge in [0.25, 0.3) is 0 Å². The van der Waals surface area contributed by atoms with Crippen LogP contribution < -0.4 is 0 Å². The van der Waals surface area contributed by atoms with Gasteiger partial charge in [0, 0.05) is 35.1 Å². The summed E-state index contributed by atoms with van der Waals surface area (Å²) in [5.41, 5.74) is 9.98. The van der Waals surface area contributed by atoms with E-state index in [-0.39, 0.29) is 0 Å². The molecule has 0 N–H and O–H groups in total. The summed E-state index contributed by atoms with van der Waals surface area (Å²) in [6, 6.07) is 9.49. The van der Waals surface area contributed by atoms with Gasteiger partial charge in [-0.3, -0.25) is 0 Å². The molecule has 1 heterocycles. The SMILES string of the molecule is [N-]=[N+]=NCCC#Cc1ccc(-c2ccno2)cc1. The average Bonchev–Trinajstić information content (AvgIpc) is 2.93. The minimum absolute atomic E-state index is 0.402. The van der Waals surface area contributed by atoms with Crippen LogP contribution in [0.15, 0.2) is 46.2 Å². The predicted molar refractivity (Wildman–Crippen MR) is 67.4 cm³/mol. The molecular weight excluding hydrogens is 228 g/mol. The van der Waals surface area contributed by atoms with Crippen molar-refractivity contribution in [2.75, 3.05) is 6.54 Å². The molecule has 2 aromatic rings. The standard InChI is InChI=1S/C13H10N4O/c14-17-15-9-2-1-3-11-4-6-12(7-5-11)13-8-10-16-18-13/h4-8,10H,2,9H2. The fourth-order valence-electron chi connectivity index (χ4n) is 1.40. The Morgan fingerprint density at radius 2 is 2.11 bits per heavy atom. The fraction of sp³-hybridized carbons (Fsp3) is 0.154. The maximum atomic E-state index is 8.10. The van der Waals surface area contributed by atoms with Crippen molar-refractivity contribution in [2.45, 2.75) is 6.42 Å². The summed E-state index contributed by atoms with van der Waals surface area (Å²) in [6.07, 6.45) is 2.17. The van der Waals surface area contributed by atoms with E-state index in [1.165, 1.54) is 0 Å². The highest BCUT2D eigenvalue weighted by Crippen LogP contribution is 2.18. The zero-order chi connectivity index (χ0) is 12.6. The van der Waals surface area contributed by atoms with Gasteiger partial charge in [-0.05, 0) is 29.8 Å². The summed E-state index contributed by atoms with van der Waals surface area (Å²) in [5.74, 6) is 6.67. The zero-order valence-electron chi connectivity index (χ0n) is 9.58. The van der Waals surface area contributed by atoms with Crippen molar-refractivity contribution in [3.05, 3.63) is 52.5 Å². The molecule has 1 aromatic carbocycles. The molecule has 0 aliphatic heterocycles. The first kappa shape index (κ1) is 11.8. The molecule has 5 nitrogen and oxygen atoms in total. The fourth-order valence-corrected chi connectivity index (χ4v) is 1.40. The van der Waals surface area contributed by atoms with E-state index in [1.807, 2.05) is 24.3 Å². The Bertz CT molecular complexity index is 599.